The molecule has 0 aliphatic carbocycles. The van der Waals surface area contributed by atoms with Crippen LogP contribution in [-0.4, -0.2) is 24.2 Å². The predicted molar refractivity (Wildman–Crippen MR) is 118 cm³/mol. The second-order valence-electron chi connectivity index (χ2n) is 6.02. The molecule has 0 atom stereocenters. The van der Waals surface area contributed by atoms with Crippen LogP contribution in [0.15, 0.2) is 66.8 Å². The van der Waals surface area contributed by atoms with E-state index in [1.165, 1.54) is 6.08 Å². The quantitative estimate of drug-likeness (QED) is 0.389. The van der Waals surface area contributed by atoms with Gasteiger partial charge in [0.15, 0.2) is 5.11 Å². The highest BCUT2D eigenvalue weighted by atomic mass is 32.1. The Balaban J connectivity index is 1.90. The molecule has 0 bridgehead atoms. The van der Waals surface area contributed by atoms with Gasteiger partial charge in [-0.2, -0.15) is 0 Å². The number of amides is 1. The van der Waals surface area contributed by atoms with Gasteiger partial charge < -0.3 is 14.8 Å². The van der Waals surface area contributed by atoms with Crippen molar-refractivity contribution < 1.29 is 14.3 Å². The third-order valence-corrected chi connectivity index (χ3v) is 3.67. The van der Waals surface area contributed by atoms with Gasteiger partial charge in [-0.3, -0.25) is 10.1 Å². The Labute approximate surface area is 171 Å². The fourth-order valence-corrected chi connectivity index (χ4v) is 2.43. The fourth-order valence-electron chi connectivity index (χ4n) is 2.22. The zero-order chi connectivity index (χ0) is 20.4. The maximum absolute atomic E-state index is 12.1. The van der Waals surface area contributed by atoms with Crippen LogP contribution in [0, 0.1) is 0 Å². The van der Waals surface area contributed by atoms with E-state index in [4.69, 9.17) is 21.7 Å². The van der Waals surface area contributed by atoms with Crippen molar-refractivity contribution in [2.24, 2.45) is 0 Å². The molecule has 146 valence electrons. The third-order valence-electron chi connectivity index (χ3n) is 3.46. The largest absolute Gasteiger partial charge is 0.494 e. The molecular weight excluding hydrogens is 372 g/mol. The summed E-state index contributed by atoms with van der Waals surface area (Å²) in [6, 6.07) is 14.8. The van der Waals surface area contributed by atoms with Crippen LogP contribution in [0.3, 0.4) is 0 Å². The molecule has 5 nitrogen and oxygen atoms in total. The first-order valence-corrected chi connectivity index (χ1v) is 9.28. The molecule has 1 amide bonds. The summed E-state index contributed by atoms with van der Waals surface area (Å²) < 4.78 is 11.1. The number of thiocarbonyl (C=S) groups is 1. The van der Waals surface area contributed by atoms with Gasteiger partial charge in [-0.05, 0) is 67.5 Å². The highest BCUT2D eigenvalue weighted by molar-refractivity contribution is 7.80. The van der Waals surface area contributed by atoms with Crippen LogP contribution < -0.4 is 20.1 Å². The Morgan fingerprint density at radius 2 is 1.86 bits per heavy atom. The average Bonchev–Trinajstić information content (AvgIpc) is 2.67. The number of para-hydroxylation sites is 2. The highest BCUT2D eigenvalue weighted by Gasteiger charge is 2.07. The molecule has 0 aliphatic rings. The average molecular weight is 397 g/mol. The smallest absolute Gasteiger partial charge is 0.250 e. The monoisotopic (exact) mass is 396 g/mol. The van der Waals surface area contributed by atoms with Crippen molar-refractivity contribution >= 4 is 35.0 Å². The second kappa shape index (κ2) is 10.9. The highest BCUT2D eigenvalue weighted by Crippen LogP contribution is 2.24. The van der Waals surface area contributed by atoms with Gasteiger partial charge in [0, 0.05) is 6.08 Å². The van der Waals surface area contributed by atoms with E-state index in [-0.39, 0.29) is 11.0 Å². The molecular formula is C22H24N2O3S. The third kappa shape index (κ3) is 7.25. The summed E-state index contributed by atoms with van der Waals surface area (Å²) in [7, 11) is 0. The fraction of sp³-hybridized carbons (Fsp3) is 0.182. The Hall–Kier alpha value is -3.12. The van der Waals surface area contributed by atoms with Crippen molar-refractivity contribution in [3.05, 3.63) is 72.3 Å². The van der Waals surface area contributed by atoms with Crippen LogP contribution >= 0.6 is 12.2 Å². The maximum Gasteiger partial charge on any atom is 0.250 e. The van der Waals surface area contributed by atoms with Gasteiger partial charge >= 0.3 is 0 Å². The van der Waals surface area contributed by atoms with E-state index in [2.05, 4.69) is 17.2 Å². The summed E-state index contributed by atoms with van der Waals surface area (Å²) in [5, 5.41) is 5.79. The number of nitrogens with one attached hydrogen (secondary N) is 2. The van der Waals surface area contributed by atoms with E-state index in [9.17, 15) is 4.79 Å². The summed E-state index contributed by atoms with van der Waals surface area (Å²) in [6.45, 7) is 8.65. The van der Waals surface area contributed by atoms with Crippen LogP contribution in [0.2, 0.25) is 0 Å². The van der Waals surface area contributed by atoms with Crippen LogP contribution in [-0.2, 0) is 4.79 Å². The van der Waals surface area contributed by atoms with Crippen molar-refractivity contribution in [2.45, 2.75) is 13.8 Å². The Morgan fingerprint density at radius 1 is 1.14 bits per heavy atom. The molecule has 0 unspecified atom stereocenters. The van der Waals surface area contributed by atoms with Gasteiger partial charge in [-0.1, -0.05) is 30.8 Å². The number of rotatable bonds is 8. The molecule has 0 saturated carbocycles. The standard InChI is InChI=1S/C22H24N2O3S/c1-4-26-18-12-9-17(10-13-18)11-14-21(25)24-22(28)23-19-7-5-6-8-20(19)27-15-16(2)3/h5-14H,2,4,15H2,1,3H3,(H2,23,24,25,28)/b14-11+. The van der Waals surface area contributed by atoms with E-state index < -0.39 is 0 Å². The number of anilines is 1. The van der Waals surface area contributed by atoms with Crippen molar-refractivity contribution in [3.8, 4) is 11.5 Å². The maximum atomic E-state index is 12.1. The Morgan fingerprint density at radius 3 is 2.54 bits per heavy atom. The Bertz CT molecular complexity index is 860. The van der Waals surface area contributed by atoms with Crippen LogP contribution in [0.25, 0.3) is 6.08 Å². The molecule has 2 aromatic carbocycles. The first-order chi connectivity index (χ1) is 13.5. The lowest BCUT2D eigenvalue weighted by Crippen LogP contribution is -2.32. The van der Waals surface area contributed by atoms with Crippen molar-refractivity contribution in [3.63, 3.8) is 0 Å². The summed E-state index contributed by atoms with van der Waals surface area (Å²) in [5.41, 5.74) is 2.46. The van der Waals surface area contributed by atoms with Crippen molar-refractivity contribution in [1.29, 1.82) is 0 Å². The minimum Gasteiger partial charge on any atom is -0.494 e. The number of ether oxygens (including phenoxy) is 2. The first kappa shape index (κ1) is 21.2. The van der Waals surface area contributed by atoms with Gasteiger partial charge in [-0.25, -0.2) is 0 Å². The van der Waals surface area contributed by atoms with E-state index >= 15 is 0 Å². The SMILES string of the molecule is C=C(C)COc1ccccc1NC(=S)NC(=O)/C=C/c1ccc(OCC)cc1. The van der Waals surface area contributed by atoms with Crippen molar-refractivity contribution in [2.75, 3.05) is 18.5 Å². The van der Waals surface area contributed by atoms with Crippen LogP contribution in [0.1, 0.15) is 19.4 Å². The molecule has 6 heteroatoms. The minimum atomic E-state index is -0.327. The summed E-state index contributed by atoms with van der Waals surface area (Å²) in [4.78, 5) is 12.1. The van der Waals surface area contributed by atoms with E-state index in [1.807, 2.05) is 62.4 Å². The lowest BCUT2D eigenvalue weighted by Gasteiger charge is -2.13. The van der Waals surface area contributed by atoms with Gasteiger partial charge in [0.2, 0.25) is 5.91 Å². The second-order valence-corrected chi connectivity index (χ2v) is 6.43. The molecule has 0 fully saturated rings. The normalized spacial score (nSPS) is 10.4. The zero-order valence-corrected chi connectivity index (χ0v) is 16.8. The number of hydrogen-bond donors (Lipinski definition) is 2. The zero-order valence-electron chi connectivity index (χ0n) is 16.0. The lowest BCUT2D eigenvalue weighted by molar-refractivity contribution is -0.115. The summed E-state index contributed by atoms with van der Waals surface area (Å²) >= 11 is 5.22. The molecule has 0 saturated heterocycles. The number of hydrogen-bond acceptors (Lipinski definition) is 4. The molecule has 0 heterocycles. The van der Waals surface area contributed by atoms with Crippen LogP contribution in [0.5, 0.6) is 11.5 Å². The summed E-state index contributed by atoms with van der Waals surface area (Å²) in [6.07, 6.45) is 3.13. The molecule has 0 aromatic heterocycles. The molecule has 28 heavy (non-hydrogen) atoms. The molecule has 0 spiro atoms. The number of carbonyl (C=O) groups excluding carboxylic acids is 1. The van der Waals surface area contributed by atoms with Gasteiger partial charge in [0.05, 0.1) is 12.3 Å². The molecule has 2 aromatic rings. The first-order valence-electron chi connectivity index (χ1n) is 8.87. The van der Waals surface area contributed by atoms with E-state index in [0.717, 1.165) is 16.9 Å². The summed E-state index contributed by atoms with van der Waals surface area (Å²) in [5.74, 6) is 1.10. The topological polar surface area (TPSA) is 59.6 Å². The Kier molecular flexibility index (Phi) is 8.24. The molecule has 0 aliphatic heterocycles. The van der Waals surface area contributed by atoms with Crippen molar-refractivity contribution in [1.82, 2.24) is 5.32 Å². The molecule has 2 rings (SSSR count). The lowest BCUT2D eigenvalue weighted by atomic mass is 10.2. The van der Waals surface area contributed by atoms with E-state index in [0.29, 0.717) is 24.7 Å². The number of carbonyl (C=O) groups is 1. The van der Waals surface area contributed by atoms with Gasteiger partial charge in [0.1, 0.15) is 18.1 Å². The molecule has 2 N–H and O–H groups in total. The predicted octanol–water partition coefficient (Wildman–Crippen LogP) is 4.57. The number of benzene rings is 2. The van der Waals surface area contributed by atoms with Gasteiger partial charge in [-0.15, -0.1) is 0 Å². The minimum absolute atomic E-state index is 0.188. The molecule has 0 radical (unpaired) electrons. The van der Waals surface area contributed by atoms with Crippen LogP contribution in [0.4, 0.5) is 5.69 Å². The van der Waals surface area contributed by atoms with E-state index in [1.54, 1.807) is 6.08 Å². The van der Waals surface area contributed by atoms with Gasteiger partial charge in [0.25, 0.3) is 0 Å².